The predicted molar refractivity (Wildman–Crippen MR) is 140 cm³/mol. The SMILES string of the molecule is Cc1ccc(C)c(-c2csc3nc(CN(CC(O)COC(C)C)C4CCCCC4)[nH]c(=O)c23)c1. The molecule has 6 nitrogen and oxygen atoms in total. The number of rotatable bonds is 9. The number of hydrogen-bond donors (Lipinski definition) is 2. The van der Waals surface area contributed by atoms with Gasteiger partial charge in [0.15, 0.2) is 0 Å². The maximum atomic E-state index is 13.2. The Morgan fingerprint density at radius 3 is 2.71 bits per heavy atom. The summed E-state index contributed by atoms with van der Waals surface area (Å²) in [6.07, 6.45) is 5.40. The summed E-state index contributed by atoms with van der Waals surface area (Å²) < 4.78 is 5.63. The van der Waals surface area contributed by atoms with Gasteiger partial charge >= 0.3 is 0 Å². The monoisotopic (exact) mass is 483 g/mol. The summed E-state index contributed by atoms with van der Waals surface area (Å²) in [5.41, 5.74) is 4.26. The van der Waals surface area contributed by atoms with Crippen LogP contribution in [0, 0.1) is 13.8 Å². The first kappa shape index (κ1) is 25.0. The van der Waals surface area contributed by atoms with Crippen LogP contribution < -0.4 is 5.56 Å². The van der Waals surface area contributed by atoms with Crippen LogP contribution in [0.15, 0.2) is 28.4 Å². The molecule has 184 valence electrons. The first-order valence-corrected chi connectivity index (χ1v) is 13.3. The molecule has 1 saturated carbocycles. The lowest BCUT2D eigenvalue weighted by atomic mass is 9.94. The van der Waals surface area contributed by atoms with Gasteiger partial charge in [-0.2, -0.15) is 0 Å². The Labute approximate surface area is 206 Å². The summed E-state index contributed by atoms with van der Waals surface area (Å²) in [6.45, 7) is 9.44. The van der Waals surface area contributed by atoms with Crippen LogP contribution in [0.1, 0.15) is 62.9 Å². The van der Waals surface area contributed by atoms with Gasteiger partial charge in [-0.3, -0.25) is 9.69 Å². The van der Waals surface area contributed by atoms with Crippen molar-refractivity contribution < 1.29 is 9.84 Å². The van der Waals surface area contributed by atoms with Crippen LogP contribution in [0.3, 0.4) is 0 Å². The van der Waals surface area contributed by atoms with Gasteiger partial charge in [0.2, 0.25) is 0 Å². The Bertz CT molecular complexity index is 1160. The largest absolute Gasteiger partial charge is 0.389 e. The molecule has 34 heavy (non-hydrogen) atoms. The molecule has 1 fully saturated rings. The highest BCUT2D eigenvalue weighted by Gasteiger charge is 2.25. The van der Waals surface area contributed by atoms with E-state index >= 15 is 0 Å². The normalized spacial score (nSPS) is 16.1. The molecular formula is C27H37N3O3S. The van der Waals surface area contributed by atoms with E-state index in [0.29, 0.717) is 36.9 Å². The van der Waals surface area contributed by atoms with E-state index in [9.17, 15) is 9.90 Å². The van der Waals surface area contributed by atoms with Crippen molar-refractivity contribution in [3.8, 4) is 11.1 Å². The molecule has 0 bridgehead atoms. The average molecular weight is 484 g/mol. The molecule has 2 heterocycles. The number of aromatic nitrogens is 2. The first-order chi connectivity index (χ1) is 16.3. The van der Waals surface area contributed by atoms with Crippen molar-refractivity contribution in [3.05, 3.63) is 50.9 Å². The van der Waals surface area contributed by atoms with Crippen molar-refractivity contribution in [1.82, 2.24) is 14.9 Å². The molecule has 1 unspecified atom stereocenters. The number of fused-ring (bicyclic) bond motifs is 1. The topological polar surface area (TPSA) is 78.5 Å². The van der Waals surface area contributed by atoms with Crippen LogP contribution in [0.4, 0.5) is 0 Å². The zero-order chi connectivity index (χ0) is 24.2. The van der Waals surface area contributed by atoms with Crippen molar-refractivity contribution in [2.24, 2.45) is 0 Å². The van der Waals surface area contributed by atoms with Crippen molar-refractivity contribution in [1.29, 1.82) is 0 Å². The number of thiophene rings is 1. The van der Waals surface area contributed by atoms with Gasteiger partial charge in [-0.1, -0.05) is 43.0 Å². The fraction of sp³-hybridized carbons (Fsp3) is 0.556. The van der Waals surface area contributed by atoms with Gasteiger partial charge in [-0.25, -0.2) is 4.98 Å². The quantitative estimate of drug-likeness (QED) is 0.438. The van der Waals surface area contributed by atoms with Crippen molar-refractivity contribution in [2.45, 2.75) is 84.6 Å². The summed E-state index contributed by atoms with van der Waals surface area (Å²) in [7, 11) is 0. The second kappa shape index (κ2) is 11.1. The molecule has 0 amide bonds. The van der Waals surface area contributed by atoms with Crippen LogP contribution in [0.25, 0.3) is 21.3 Å². The molecule has 0 saturated heterocycles. The van der Waals surface area contributed by atoms with Gasteiger partial charge in [-0.15, -0.1) is 11.3 Å². The van der Waals surface area contributed by atoms with Crippen LogP contribution in [0.2, 0.25) is 0 Å². The number of aliphatic hydroxyl groups excluding tert-OH is 1. The molecule has 1 aliphatic carbocycles. The van der Waals surface area contributed by atoms with Crippen molar-refractivity contribution in [3.63, 3.8) is 0 Å². The van der Waals surface area contributed by atoms with Gasteiger partial charge in [0.1, 0.15) is 10.7 Å². The maximum absolute atomic E-state index is 13.2. The highest BCUT2D eigenvalue weighted by molar-refractivity contribution is 7.17. The van der Waals surface area contributed by atoms with E-state index in [0.717, 1.165) is 34.4 Å². The Kier molecular flexibility index (Phi) is 8.19. The molecular weight excluding hydrogens is 446 g/mol. The maximum Gasteiger partial charge on any atom is 0.260 e. The van der Waals surface area contributed by atoms with Gasteiger partial charge in [0.25, 0.3) is 5.56 Å². The second-order valence-electron chi connectivity index (χ2n) is 9.92. The highest BCUT2D eigenvalue weighted by Crippen LogP contribution is 2.33. The lowest BCUT2D eigenvalue weighted by Crippen LogP contribution is -2.43. The number of benzene rings is 1. The molecule has 0 aliphatic heterocycles. The number of H-pyrrole nitrogens is 1. The summed E-state index contributed by atoms with van der Waals surface area (Å²) in [5.74, 6) is 0.661. The summed E-state index contributed by atoms with van der Waals surface area (Å²) in [5, 5.41) is 13.3. The number of nitrogens with zero attached hydrogens (tertiary/aromatic N) is 2. The van der Waals surface area contributed by atoms with E-state index < -0.39 is 6.10 Å². The van der Waals surface area contributed by atoms with Gasteiger partial charge < -0.3 is 14.8 Å². The molecule has 7 heteroatoms. The number of aryl methyl sites for hydroxylation is 2. The van der Waals surface area contributed by atoms with Crippen LogP contribution in [-0.2, 0) is 11.3 Å². The van der Waals surface area contributed by atoms with Crippen LogP contribution in [0.5, 0.6) is 0 Å². The van der Waals surface area contributed by atoms with E-state index in [1.54, 1.807) is 0 Å². The first-order valence-electron chi connectivity index (χ1n) is 12.4. The number of hydrogen-bond acceptors (Lipinski definition) is 6. The van der Waals surface area contributed by atoms with Gasteiger partial charge in [0.05, 0.1) is 30.7 Å². The standard InChI is InChI=1S/C27H37N3O3S/c1-17(2)33-15-21(31)13-30(20-8-6-5-7-9-20)14-24-28-26(32)25-23(16-34-27(25)29-24)22-12-18(3)10-11-19(22)4/h10-12,16-17,20-21,31H,5-9,13-15H2,1-4H3,(H,28,29,32). The minimum Gasteiger partial charge on any atom is -0.389 e. The smallest absolute Gasteiger partial charge is 0.260 e. The molecule has 2 N–H and O–H groups in total. The fourth-order valence-electron chi connectivity index (χ4n) is 4.90. The van der Waals surface area contributed by atoms with Crippen LogP contribution >= 0.6 is 11.3 Å². The summed E-state index contributed by atoms with van der Waals surface area (Å²) >= 11 is 1.52. The predicted octanol–water partition coefficient (Wildman–Crippen LogP) is 5.19. The molecule has 0 radical (unpaired) electrons. The summed E-state index contributed by atoms with van der Waals surface area (Å²) in [4.78, 5) is 24.2. The molecule has 3 aromatic rings. The van der Waals surface area contributed by atoms with Gasteiger partial charge in [0, 0.05) is 23.5 Å². The molecule has 2 aromatic heterocycles. The molecule has 4 rings (SSSR count). The number of aromatic amines is 1. The third-order valence-corrected chi connectivity index (χ3v) is 7.56. The molecule has 1 aromatic carbocycles. The fourth-order valence-corrected chi connectivity index (χ4v) is 5.86. The minimum absolute atomic E-state index is 0.0864. The van der Waals surface area contributed by atoms with Crippen LogP contribution in [-0.4, -0.2) is 51.4 Å². The lowest BCUT2D eigenvalue weighted by Gasteiger charge is -2.35. The Hall–Kier alpha value is -2.06. The average Bonchev–Trinajstić information content (AvgIpc) is 3.24. The number of ether oxygens (including phenoxy) is 1. The third kappa shape index (κ3) is 5.95. The van der Waals surface area contributed by atoms with E-state index in [-0.39, 0.29) is 11.7 Å². The van der Waals surface area contributed by atoms with E-state index in [2.05, 4.69) is 41.9 Å². The van der Waals surface area contributed by atoms with Crippen molar-refractivity contribution >= 4 is 21.6 Å². The highest BCUT2D eigenvalue weighted by atomic mass is 32.1. The Morgan fingerprint density at radius 1 is 1.21 bits per heavy atom. The minimum atomic E-state index is -0.572. The number of nitrogens with one attached hydrogen (secondary N) is 1. The second-order valence-corrected chi connectivity index (χ2v) is 10.8. The Morgan fingerprint density at radius 2 is 1.97 bits per heavy atom. The molecule has 0 spiro atoms. The van der Waals surface area contributed by atoms with Crippen molar-refractivity contribution in [2.75, 3.05) is 13.2 Å². The van der Waals surface area contributed by atoms with E-state index in [1.165, 1.54) is 36.2 Å². The zero-order valence-corrected chi connectivity index (χ0v) is 21.6. The lowest BCUT2D eigenvalue weighted by molar-refractivity contribution is -0.0189. The zero-order valence-electron chi connectivity index (χ0n) is 20.8. The van der Waals surface area contributed by atoms with Gasteiger partial charge in [-0.05, 0) is 51.7 Å². The molecule has 1 aliphatic rings. The van der Waals surface area contributed by atoms with E-state index in [1.807, 2.05) is 19.2 Å². The van der Waals surface area contributed by atoms with E-state index in [4.69, 9.17) is 9.72 Å². The third-order valence-electron chi connectivity index (χ3n) is 6.69. The Balaban J connectivity index is 1.60. The summed E-state index contributed by atoms with van der Waals surface area (Å²) in [6, 6.07) is 6.71. The molecule has 1 atom stereocenters. The number of aliphatic hydroxyl groups is 1.